The highest BCUT2D eigenvalue weighted by molar-refractivity contribution is 7.18. The first kappa shape index (κ1) is 17.7. The molecule has 8 heteroatoms. The first-order valence-electron chi connectivity index (χ1n) is 8.88. The summed E-state index contributed by atoms with van der Waals surface area (Å²) >= 11 is 1.67. The van der Waals surface area contributed by atoms with Crippen molar-refractivity contribution in [3.63, 3.8) is 0 Å². The fourth-order valence-electron chi connectivity index (χ4n) is 3.38. The number of alkyl halides is 3. The first-order valence-corrected chi connectivity index (χ1v) is 9.69. The van der Waals surface area contributed by atoms with Crippen molar-refractivity contribution < 1.29 is 18.0 Å². The fourth-order valence-corrected chi connectivity index (χ4v) is 4.55. The van der Waals surface area contributed by atoms with Gasteiger partial charge in [-0.05, 0) is 57.0 Å². The van der Waals surface area contributed by atoms with Crippen LogP contribution in [0.15, 0.2) is 18.2 Å². The van der Waals surface area contributed by atoms with Crippen LogP contribution >= 0.6 is 11.3 Å². The molecule has 1 aromatic carbocycles. The van der Waals surface area contributed by atoms with Gasteiger partial charge >= 0.3 is 6.18 Å². The zero-order valence-corrected chi connectivity index (χ0v) is 15.0. The number of anilines is 1. The predicted octanol–water partition coefficient (Wildman–Crippen LogP) is 4.39. The van der Waals surface area contributed by atoms with E-state index in [0.717, 1.165) is 15.9 Å². The Morgan fingerprint density at radius 3 is 2.62 bits per heavy atom. The number of fused-ring (bicyclic) bond motifs is 1. The zero-order valence-electron chi connectivity index (χ0n) is 14.2. The van der Waals surface area contributed by atoms with Gasteiger partial charge in [-0.3, -0.25) is 9.69 Å². The van der Waals surface area contributed by atoms with E-state index in [4.69, 9.17) is 0 Å². The highest BCUT2D eigenvalue weighted by atomic mass is 32.1. The Labute approximate surface area is 153 Å². The van der Waals surface area contributed by atoms with Crippen molar-refractivity contribution >= 4 is 33.1 Å². The van der Waals surface area contributed by atoms with Gasteiger partial charge in [-0.1, -0.05) is 0 Å². The van der Waals surface area contributed by atoms with Crippen LogP contribution in [0.5, 0.6) is 0 Å². The molecule has 1 aliphatic carbocycles. The summed E-state index contributed by atoms with van der Waals surface area (Å²) in [5.74, 6) is 0.258. The summed E-state index contributed by atoms with van der Waals surface area (Å²) in [7, 11) is 0. The third-order valence-electron chi connectivity index (χ3n) is 4.96. The number of benzene rings is 1. The van der Waals surface area contributed by atoms with Crippen molar-refractivity contribution in [2.24, 2.45) is 5.92 Å². The minimum Gasteiger partial charge on any atom is -0.326 e. The van der Waals surface area contributed by atoms with Crippen LogP contribution in [0.2, 0.25) is 0 Å². The largest absolute Gasteiger partial charge is 0.401 e. The number of halogens is 3. The molecule has 1 aromatic heterocycles. The maximum Gasteiger partial charge on any atom is 0.401 e. The fraction of sp³-hybridized carbons (Fsp3) is 0.556. The highest BCUT2D eigenvalue weighted by Crippen LogP contribution is 2.43. The zero-order chi connectivity index (χ0) is 18.3. The molecule has 1 saturated carbocycles. The Kier molecular flexibility index (Phi) is 4.64. The molecule has 0 spiro atoms. The quantitative estimate of drug-likeness (QED) is 0.852. The molecule has 4 rings (SSSR count). The number of rotatable bonds is 4. The van der Waals surface area contributed by atoms with Crippen LogP contribution < -0.4 is 5.32 Å². The predicted molar refractivity (Wildman–Crippen MR) is 95.4 cm³/mol. The lowest BCUT2D eigenvalue weighted by Crippen LogP contribution is -2.42. The molecule has 0 bridgehead atoms. The summed E-state index contributed by atoms with van der Waals surface area (Å²) < 4.78 is 38.4. The molecule has 1 saturated heterocycles. The van der Waals surface area contributed by atoms with E-state index in [0.29, 0.717) is 31.8 Å². The molecule has 4 nitrogen and oxygen atoms in total. The second-order valence-electron chi connectivity index (χ2n) is 7.16. The maximum absolute atomic E-state index is 12.5. The van der Waals surface area contributed by atoms with Gasteiger partial charge < -0.3 is 5.32 Å². The number of piperidine rings is 1. The van der Waals surface area contributed by atoms with Crippen molar-refractivity contribution in [3.05, 3.63) is 23.2 Å². The number of aromatic nitrogens is 1. The van der Waals surface area contributed by atoms with Crippen molar-refractivity contribution in [1.29, 1.82) is 0 Å². The van der Waals surface area contributed by atoms with Gasteiger partial charge in [0.2, 0.25) is 5.91 Å². The lowest BCUT2D eigenvalue weighted by atomic mass is 9.96. The second-order valence-corrected chi connectivity index (χ2v) is 8.23. The van der Waals surface area contributed by atoms with Crippen LogP contribution in [0.25, 0.3) is 10.2 Å². The summed E-state index contributed by atoms with van der Waals surface area (Å²) in [6.07, 6.45) is -0.863. The number of carbonyl (C=O) groups excluding carboxylic acids is 1. The molecule has 140 valence electrons. The van der Waals surface area contributed by atoms with E-state index < -0.39 is 12.7 Å². The normalized spacial score (nSPS) is 19.8. The molecule has 2 fully saturated rings. The molecule has 26 heavy (non-hydrogen) atoms. The Bertz CT molecular complexity index is 808. The van der Waals surface area contributed by atoms with Gasteiger partial charge in [-0.2, -0.15) is 13.2 Å². The van der Waals surface area contributed by atoms with Gasteiger partial charge in [-0.25, -0.2) is 4.98 Å². The molecule has 2 heterocycles. The molecule has 0 radical (unpaired) electrons. The van der Waals surface area contributed by atoms with Gasteiger partial charge in [0.15, 0.2) is 0 Å². The maximum atomic E-state index is 12.5. The topological polar surface area (TPSA) is 45.2 Å². The number of nitrogens with zero attached hydrogens (tertiary/aromatic N) is 2. The third kappa shape index (κ3) is 4.17. The molecule has 0 unspecified atom stereocenters. The van der Waals surface area contributed by atoms with E-state index in [1.165, 1.54) is 22.7 Å². The Balaban J connectivity index is 1.35. The van der Waals surface area contributed by atoms with Crippen molar-refractivity contribution in [2.45, 2.75) is 37.8 Å². The molecule has 1 aliphatic heterocycles. The molecule has 2 aromatic rings. The molecular formula is C18H20F3N3OS. The number of hydrogen-bond donors (Lipinski definition) is 1. The molecule has 0 atom stereocenters. The van der Waals surface area contributed by atoms with E-state index >= 15 is 0 Å². The number of likely N-dealkylation sites (tertiary alicyclic amines) is 1. The Hall–Kier alpha value is -1.67. The summed E-state index contributed by atoms with van der Waals surface area (Å²) in [5.41, 5.74) is 1.68. The van der Waals surface area contributed by atoms with Crippen LogP contribution in [-0.4, -0.2) is 41.6 Å². The highest BCUT2D eigenvalue weighted by Gasteiger charge is 2.34. The summed E-state index contributed by atoms with van der Waals surface area (Å²) in [6.45, 7) is -0.292. The SMILES string of the molecule is O=C(Nc1ccc2nc(C3CC3)sc2c1)C1CCN(CC(F)(F)F)CC1. The van der Waals surface area contributed by atoms with E-state index in [1.54, 1.807) is 11.3 Å². The van der Waals surface area contributed by atoms with Gasteiger partial charge in [-0.15, -0.1) is 11.3 Å². The Morgan fingerprint density at radius 1 is 1.23 bits per heavy atom. The van der Waals surface area contributed by atoms with Crippen LogP contribution in [-0.2, 0) is 4.79 Å². The van der Waals surface area contributed by atoms with Crippen molar-refractivity contribution in [1.82, 2.24) is 9.88 Å². The minimum absolute atomic E-state index is 0.108. The standard InChI is InChI=1S/C18H20F3N3OS/c19-18(20,21)10-24-7-5-11(6-8-24)16(25)22-13-3-4-14-15(9-13)26-17(23-14)12-1-2-12/h3-4,9,11-12H,1-2,5-8,10H2,(H,22,25). The number of hydrogen-bond acceptors (Lipinski definition) is 4. The van der Waals surface area contributed by atoms with Gasteiger partial charge in [0.1, 0.15) is 0 Å². The first-order chi connectivity index (χ1) is 12.4. The summed E-state index contributed by atoms with van der Waals surface area (Å²) in [4.78, 5) is 18.5. The van der Waals surface area contributed by atoms with E-state index in [1.807, 2.05) is 18.2 Å². The van der Waals surface area contributed by atoms with Crippen LogP contribution in [0, 0.1) is 5.92 Å². The number of thiazole rings is 1. The molecule has 1 N–H and O–H groups in total. The molecule has 2 aliphatic rings. The number of amides is 1. The summed E-state index contributed by atoms with van der Waals surface area (Å²) in [6, 6.07) is 5.70. The van der Waals surface area contributed by atoms with Crippen molar-refractivity contribution in [3.8, 4) is 0 Å². The van der Waals surface area contributed by atoms with E-state index in [9.17, 15) is 18.0 Å². The Morgan fingerprint density at radius 2 is 1.96 bits per heavy atom. The van der Waals surface area contributed by atoms with Gasteiger partial charge in [0.05, 0.1) is 21.8 Å². The summed E-state index contributed by atoms with van der Waals surface area (Å²) in [5, 5.41) is 4.09. The minimum atomic E-state index is -4.18. The smallest absolute Gasteiger partial charge is 0.326 e. The third-order valence-corrected chi connectivity index (χ3v) is 6.14. The van der Waals surface area contributed by atoms with E-state index in [2.05, 4.69) is 10.3 Å². The lowest BCUT2D eigenvalue weighted by Gasteiger charge is -2.31. The number of carbonyl (C=O) groups is 1. The van der Waals surface area contributed by atoms with E-state index in [-0.39, 0.29) is 11.8 Å². The van der Waals surface area contributed by atoms with Crippen LogP contribution in [0.1, 0.15) is 36.6 Å². The van der Waals surface area contributed by atoms with Crippen molar-refractivity contribution in [2.75, 3.05) is 25.0 Å². The molecule has 1 amide bonds. The number of nitrogens with one attached hydrogen (secondary N) is 1. The lowest BCUT2D eigenvalue weighted by molar-refractivity contribution is -0.149. The average Bonchev–Trinajstić information content (AvgIpc) is 3.34. The monoisotopic (exact) mass is 383 g/mol. The van der Waals surface area contributed by atoms with Gasteiger partial charge in [0, 0.05) is 17.5 Å². The van der Waals surface area contributed by atoms with Gasteiger partial charge in [0.25, 0.3) is 0 Å². The van der Waals surface area contributed by atoms with Crippen LogP contribution in [0.3, 0.4) is 0 Å². The van der Waals surface area contributed by atoms with Crippen LogP contribution in [0.4, 0.5) is 18.9 Å². The average molecular weight is 383 g/mol. The molecular weight excluding hydrogens is 363 g/mol. The second kappa shape index (κ2) is 6.81.